The standard InChI is InChI=1S/C30H33NO3/c1-6-31(7-2)14-15-33-25-11-9-23(10-12-25)30-28(26-19-20(3)8-13-27(26)34-30)29(32)24-17-21(4)16-22(5)18-24/h8-13,16-19H,6-7,14-15H2,1-5H3. The molecular weight excluding hydrogens is 422 g/mol. The normalized spacial score (nSPS) is 11.4. The van der Waals surface area contributed by atoms with Crippen LogP contribution in [0.1, 0.15) is 46.5 Å². The van der Waals surface area contributed by atoms with Crippen molar-refractivity contribution >= 4 is 16.8 Å². The summed E-state index contributed by atoms with van der Waals surface area (Å²) in [7, 11) is 0. The second kappa shape index (κ2) is 10.3. The zero-order chi connectivity index (χ0) is 24.2. The van der Waals surface area contributed by atoms with E-state index in [0.29, 0.717) is 29.1 Å². The molecule has 0 aliphatic carbocycles. The van der Waals surface area contributed by atoms with Crippen molar-refractivity contribution < 1.29 is 13.9 Å². The number of ether oxygens (including phenoxy) is 1. The number of nitrogens with zero attached hydrogens (tertiary/aromatic N) is 1. The van der Waals surface area contributed by atoms with Gasteiger partial charge in [0.25, 0.3) is 0 Å². The Kier molecular flexibility index (Phi) is 7.18. The first kappa shape index (κ1) is 23.8. The van der Waals surface area contributed by atoms with Crippen LogP contribution in [0.4, 0.5) is 0 Å². The lowest BCUT2D eigenvalue weighted by Gasteiger charge is -2.18. The fourth-order valence-electron chi connectivity index (χ4n) is 4.43. The number of carbonyl (C=O) groups excluding carboxylic acids is 1. The molecule has 3 aromatic carbocycles. The van der Waals surface area contributed by atoms with Crippen LogP contribution < -0.4 is 4.74 Å². The summed E-state index contributed by atoms with van der Waals surface area (Å²) in [6, 6.07) is 19.8. The maximum Gasteiger partial charge on any atom is 0.197 e. The van der Waals surface area contributed by atoms with Crippen molar-refractivity contribution in [3.05, 3.63) is 88.5 Å². The molecule has 4 rings (SSSR count). The highest BCUT2D eigenvalue weighted by Gasteiger charge is 2.24. The van der Waals surface area contributed by atoms with Gasteiger partial charge in [0.05, 0.1) is 5.56 Å². The molecule has 4 aromatic rings. The van der Waals surface area contributed by atoms with Crippen molar-refractivity contribution in [3.63, 3.8) is 0 Å². The van der Waals surface area contributed by atoms with Crippen molar-refractivity contribution in [1.29, 1.82) is 0 Å². The van der Waals surface area contributed by atoms with Gasteiger partial charge in [-0.2, -0.15) is 0 Å². The molecular formula is C30H33NO3. The van der Waals surface area contributed by atoms with Crippen LogP contribution in [0.3, 0.4) is 0 Å². The molecule has 34 heavy (non-hydrogen) atoms. The van der Waals surface area contributed by atoms with E-state index in [1.54, 1.807) is 0 Å². The van der Waals surface area contributed by atoms with Gasteiger partial charge in [0.1, 0.15) is 23.7 Å². The van der Waals surface area contributed by atoms with E-state index in [-0.39, 0.29) is 5.78 Å². The molecule has 0 radical (unpaired) electrons. The number of rotatable bonds is 9. The van der Waals surface area contributed by atoms with Gasteiger partial charge in [0, 0.05) is 23.1 Å². The van der Waals surface area contributed by atoms with Crippen LogP contribution in [0.25, 0.3) is 22.3 Å². The van der Waals surface area contributed by atoms with Crippen molar-refractivity contribution in [2.45, 2.75) is 34.6 Å². The first-order chi connectivity index (χ1) is 16.4. The van der Waals surface area contributed by atoms with E-state index in [2.05, 4.69) is 24.8 Å². The van der Waals surface area contributed by atoms with Gasteiger partial charge in [-0.3, -0.25) is 4.79 Å². The Hall–Kier alpha value is -3.37. The zero-order valence-electron chi connectivity index (χ0n) is 20.8. The molecule has 4 heteroatoms. The summed E-state index contributed by atoms with van der Waals surface area (Å²) >= 11 is 0. The molecule has 0 atom stereocenters. The third kappa shape index (κ3) is 5.07. The van der Waals surface area contributed by atoms with Gasteiger partial charge in [0.2, 0.25) is 0 Å². The molecule has 1 heterocycles. The van der Waals surface area contributed by atoms with Crippen LogP contribution in [0.15, 0.2) is 65.1 Å². The molecule has 0 fully saturated rings. The summed E-state index contributed by atoms with van der Waals surface area (Å²) in [6.07, 6.45) is 0. The Morgan fingerprint density at radius 1 is 0.853 bits per heavy atom. The number of hydrogen-bond donors (Lipinski definition) is 0. The second-order valence-corrected chi connectivity index (χ2v) is 8.91. The van der Waals surface area contributed by atoms with Gasteiger partial charge in [-0.05, 0) is 82.4 Å². The van der Waals surface area contributed by atoms with Crippen LogP contribution in [-0.2, 0) is 0 Å². The van der Waals surface area contributed by atoms with Crippen molar-refractivity contribution in [2.75, 3.05) is 26.2 Å². The molecule has 176 valence electrons. The third-order valence-electron chi connectivity index (χ3n) is 6.24. The summed E-state index contributed by atoms with van der Waals surface area (Å²) in [5, 5.41) is 0.846. The van der Waals surface area contributed by atoms with Gasteiger partial charge in [-0.15, -0.1) is 0 Å². The van der Waals surface area contributed by atoms with Crippen molar-refractivity contribution in [3.8, 4) is 17.1 Å². The van der Waals surface area contributed by atoms with E-state index < -0.39 is 0 Å². The molecule has 0 unspecified atom stereocenters. The van der Waals surface area contributed by atoms with Crippen molar-refractivity contribution in [1.82, 2.24) is 4.90 Å². The van der Waals surface area contributed by atoms with Gasteiger partial charge < -0.3 is 14.1 Å². The SMILES string of the molecule is CCN(CC)CCOc1ccc(-c2oc3ccc(C)cc3c2C(=O)c2cc(C)cc(C)c2)cc1. The Morgan fingerprint density at radius 2 is 1.53 bits per heavy atom. The fraction of sp³-hybridized carbons (Fsp3) is 0.300. The molecule has 0 amide bonds. The maximum atomic E-state index is 13.8. The minimum absolute atomic E-state index is 0.0225. The predicted molar refractivity (Wildman–Crippen MR) is 139 cm³/mol. The van der Waals surface area contributed by atoms with E-state index in [1.807, 2.05) is 75.4 Å². The summed E-state index contributed by atoms with van der Waals surface area (Å²) < 4.78 is 12.2. The number of ketones is 1. The summed E-state index contributed by atoms with van der Waals surface area (Å²) in [5.74, 6) is 1.38. The first-order valence-electron chi connectivity index (χ1n) is 12.0. The fourth-order valence-corrected chi connectivity index (χ4v) is 4.43. The average molecular weight is 456 g/mol. The number of aryl methyl sites for hydroxylation is 3. The highest BCUT2D eigenvalue weighted by molar-refractivity contribution is 6.19. The quantitative estimate of drug-likeness (QED) is 0.255. The molecule has 0 aliphatic rings. The van der Waals surface area contributed by atoms with Crippen LogP contribution in [0.5, 0.6) is 5.75 Å². The lowest BCUT2D eigenvalue weighted by Crippen LogP contribution is -2.27. The van der Waals surface area contributed by atoms with E-state index in [9.17, 15) is 4.79 Å². The minimum Gasteiger partial charge on any atom is -0.492 e. The monoisotopic (exact) mass is 455 g/mol. The number of fused-ring (bicyclic) bond motifs is 1. The molecule has 0 saturated carbocycles. The van der Waals surface area contributed by atoms with E-state index in [1.165, 1.54) is 0 Å². The molecule has 0 bridgehead atoms. The number of carbonyl (C=O) groups is 1. The second-order valence-electron chi connectivity index (χ2n) is 8.91. The Bertz CT molecular complexity index is 1280. The number of hydrogen-bond acceptors (Lipinski definition) is 4. The number of likely N-dealkylation sites (N-methyl/N-ethyl adjacent to an activating group) is 1. The molecule has 0 aliphatic heterocycles. The topological polar surface area (TPSA) is 42.7 Å². The van der Waals surface area contributed by atoms with E-state index >= 15 is 0 Å². The highest BCUT2D eigenvalue weighted by atomic mass is 16.5. The van der Waals surface area contributed by atoms with Crippen molar-refractivity contribution in [2.24, 2.45) is 0 Å². The third-order valence-corrected chi connectivity index (χ3v) is 6.24. The van der Waals surface area contributed by atoms with Crippen LogP contribution in [-0.4, -0.2) is 36.9 Å². The Labute approximate surface area is 202 Å². The number of furan rings is 1. The van der Waals surface area contributed by atoms with Crippen LogP contribution in [0, 0.1) is 20.8 Å². The molecule has 1 aromatic heterocycles. The lowest BCUT2D eigenvalue weighted by atomic mass is 9.95. The lowest BCUT2D eigenvalue weighted by molar-refractivity contribution is 0.104. The van der Waals surface area contributed by atoms with Gasteiger partial charge >= 0.3 is 0 Å². The minimum atomic E-state index is -0.0225. The van der Waals surface area contributed by atoms with Crippen LogP contribution >= 0.6 is 0 Å². The highest BCUT2D eigenvalue weighted by Crippen LogP contribution is 2.36. The molecule has 0 N–H and O–H groups in total. The van der Waals surface area contributed by atoms with Gasteiger partial charge in [0.15, 0.2) is 5.78 Å². The first-order valence-corrected chi connectivity index (χ1v) is 12.0. The zero-order valence-corrected chi connectivity index (χ0v) is 20.8. The van der Waals surface area contributed by atoms with Crippen LogP contribution in [0.2, 0.25) is 0 Å². The predicted octanol–water partition coefficient (Wildman–Crippen LogP) is 6.98. The van der Waals surface area contributed by atoms with E-state index in [0.717, 1.165) is 53.0 Å². The molecule has 0 saturated heterocycles. The molecule has 0 spiro atoms. The number of benzene rings is 3. The maximum absolute atomic E-state index is 13.8. The Balaban J connectivity index is 1.69. The smallest absolute Gasteiger partial charge is 0.197 e. The largest absolute Gasteiger partial charge is 0.492 e. The van der Waals surface area contributed by atoms with Gasteiger partial charge in [-0.25, -0.2) is 0 Å². The summed E-state index contributed by atoms with van der Waals surface area (Å²) in [4.78, 5) is 16.1. The summed E-state index contributed by atoms with van der Waals surface area (Å²) in [5.41, 5.74) is 6.09. The molecule has 4 nitrogen and oxygen atoms in total. The van der Waals surface area contributed by atoms with E-state index in [4.69, 9.17) is 9.15 Å². The van der Waals surface area contributed by atoms with Gasteiger partial charge in [-0.1, -0.05) is 42.7 Å². The average Bonchev–Trinajstić information content (AvgIpc) is 3.19. The summed E-state index contributed by atoms with van der Waals surface area (Å²) in [6.45, 7) is 13.9. The Morgan fingerprint density at radius 3 is 2.18 bits per heavy atom.